The number of esters is 1. The molecule has 0 aliphatic carbocycles. The summed E-state index contributed by atoms with van der Waals surface area (Å²) in [5.41, 5.74) is 3.04. The van der Waals surface area contributed by atoms with Crippen LogP contribution in [0.3, 0.4) is 0 Å². The number of hydrogen-bond acceptors (Lipinski definition) is 5. The van der Waals surface area contributed by atoms with Crippen LogP contribution in [0, 0.1) is 13.8 Å². The molecular weight excluding hydrogens is 304 g/mol. The summed E-state index contributed by atoms with van der Waals surface area (Å²) in [5, 5.41) is 0. The molecule has 128 valence electrons. The number of aromatic nitrogens is 1. The lowest BCUT2D eigenvalue weighted by Gasteiger charge is -2.33. The van der Waals surface area contributed by atoms with E-state index in [4.69, 9.17) is 14.1 Å². The van der Waals surface area contributed by atoms with Gasteiger partial charge in [-0.1, -0.05) is 24.6 Å². The van der Waals surface area contributed by atoms with Crippen LogP contribution in [0.4, 0.5) is 0 Å². The summed E-state index contributed by atoms with van der Waals surface area (Å²) in [7, 11) is 1.45. The molecule has 5 nitrogen and oxygen atoms in total. The quantitative estimate of drug-likeness (QED) is 0.804. The van der Waals surface area contributed by atoms with Gasteiger partial charge in [0.25, 0.3) is 0 Å². The van der Waals surface area contributed by atoms with Gasteiger partial charge in [-0.05, 0) is 44.9 Å². The molecular formula is C19H24N2O3. The standard InChI is InChI=1S/C19H24N2O3/c1-13-8-4-5-9-15(13)18-20-16(14(2)24-18)12-21-11-7-6-10-17(21)19(22)23-3/h4-5,8-9,17H,6-7,10-12H2,1-3H3/t17-/m0/s1. The second-order valence-electron chi connectivity index (χ2n) is 6.34. The fraction of sp³-hybridized carbons (Fsp3) is 0.474. The van der Waals surface area contributed by atoms with Crippen LogP contribution in [0.2, 0.25) is 0 Å². The first-order valence-electron chi connectivity index (χ1n) is 8.44. The van der Waals surface area contributed by atoms with Crippen molar-refractivity contribution in [2.24, 2.45) is 0 Å². The van der Waals surface area contributed by atoms with Crippen molar-refractivity contribution in [1.82, 2.24) is 9.88 Å². The third-order valence-corrected chi connectivity index (χ3v) is 4.71. The average molecular weight is 328 g/mol. The van der Waals surface area contributed by atoms with E-state index in [1.807, 2.05) is 38.1 Å². The SMILES string of the molecule is COC(=O)[C@@H]1CCCCN1Cc1nc(-c2ccccc2C)oc1C. The first kappa shape index (κ1) is 16.7. The first-order valence-corrected chi connectivity index (χ1v) is 8.44. The summed E-state index contributed by atoms with van der Waals surface area (Å²) < 4.78 is 10.8. The minimum absolute atomic E-state index is 0.157. The zero-order chi connectivity index (χ0) is 17.1. The van der Waals surface area contributed by atoms with E-state index < -0.39 is 0 Å². The molecule has 24 heavy (non-hydrogen) atoms. The number of rotatable bonds is 4. The van der Waals surface area contributed by atoms with Gasteiger partial charge < -0.3 is 9.15 Å². The van der Waals surface area contributed by atoms with Gasteiger partial charge in [-0.15, -0.1) is 0 Å². The van der Waals surface area contributed by atoms with E-state index in [0.29, 0.717) is 12.4 Å². The highest BCUT2D eigenvalue weighted by atomic mass is 16.5. The Morgan fingerprint density at radius 2 is 2.12 bits per heavy atom. The maximum atomic E-state index is 12.0. The fourth-order valence-electron chi connectivity index (χ4n) is 3.28. The van der Waals surface area contributed by atoms with E-state index in [0.717, 1.165) is 48.4 Å². The molecule has 2 aromatic rings. The number of hydrogen-bond donors (Lipinski definition) is 0. The van der Waals surface area contributed by atoms with Crippen LogP contribution < -0.4 is 0 Å². The average Bonchev–Trinajstić information content (AvgIpc) is 2.95. The Morgan fingerprint density at radius 1 is 1.33 bits per heavy atom. The van der Waals surface area contributed by atoms with Gasteiger partial charge in [-0.3, -0.25) is 9.69 Å². The van der Waals surface area contributed by atoms with E-state index in [1.165, 1.54) is 7.11 Å². The smallest absolute Gasteiger partial charge is 0.323 e. The largest absolute Gasteiger partial charge is 0.468 e. The Balaban J connectivity index is 1.83. The van der Waals surface area contributed by atoms with Gasteiger partial charge in [0.15, 0.2) is 0 Å². The highest BCUT2D eigenvalue weighted by molar-refractivity contribution is 5.75. The number of ether oxygens (including phenoxy) is 1. The normalized spacial score (nSPS) is 18.5. The zero-order valence-electron chi connectivity index (χ0n) is 14.5. The number of nitrogens with zero attached hydrogens (tertiary/aromatic N) is 2. The molecule has 1 saturated heterocycles. The Labute approximate surface area is 142 Å². The molecule has 0 unspecified atom stereocenters. The first-order chi connectivity index (χ1) is 11.6. The minimum atomic E-state index is -0.179. The summed E-state index contributed by atoms with van der Waals surface area (Å²) in [6.45, 7) is 5.47. The number of aryl methyl sites for hydroxylation is 2. The second kappa shape index (κ2) is 7.18. The summed E-state index contributed by atoms with van der Waals surface area (Å²) in [4.78, 5) is 18.9. The summed E-state index contributed by atoms with van der Waals surface area (Å²) in [5.74, 6) is 1.30. The molecule has 1 aromatic heterocycles. The molecule has 0 bridgehead atoms. The van der Waals surface area contributed by atoms with Crippen LogP contribution in [0.1, 0.15) is 36.3 Å². The van der Waals surface area contributed by atoms with Crippen LogP contribution >= 0.6 is 0 Å². The van der Waals surface area contributed by atoms with Crippen LogP contribution in [0.5, 0.6) is 0 Å². The number of methoxy groups -OCH3 is 1. The molecule has 1 atom stereocenters. The van der Waals surface area contributed by atoms with Crippen molar-refractivity contribution >= 4 is 5.97 Å². The molecule has 0 N–H and O–H groups in total. The van der Waals surface area contributed by atoms with Crippen LogP contribution in [0.15, 0.2) is 28.7 Å². The highest BCUT2D eigenvalue weighted by Gasteiger charge is 2.30. The molecule has 3 rings (SSSR count). The molecule has 0 amide bonds. The van der Waals surface area contributed by atoms with Crippen molar-refractivity contribution < 1.29 is 13.9 Å². The van der Waals surface area contributed by atoms with Gasteiger partial charge in [-0.25, -0.2) is 4.98 Å². The monoisotopic (exact) mass is 328 g/mol. The highest BCUT2D eigenvalue weighted by Crippen LogP contribution is 2.27. The van der Waals surface area contributed by atoms with Crippen molar-refractivity contribution in [1.29, 1.82) is 0 Å². The molecule has 1 fully saturated rings. The second-order valence-corrected chi connectivity index (χ2v) is 6.34. The lowest BCUT2D eigenvalue weighted by Crippen LogP contribution is -2.44. The maximum absolute atomic E-state index is 12.0. The van der Waals surface area contributed by atoms with E-state index in [-0.39, 0.29) is 12.0 Å². The fourth-order valence-corrected chi connectivity index (χ4v) is 3.28. The van der Waals surface area contributed by atoms with Crippen LogP contribution in [0.25, 0.3) is 11.5 Å². The number of benzene rings is 1. The molecule has 1 aromatic carbocycles. The number of piperidine rings is 1. The summed E-state index contributed by atoms with van der Waals surface area (Å²) >= 11 is 0. The van der Waals surface area contributed by atoms with Gasteiger partial charge in [0, 0.05) is 12.1 Å². The van der Waals surface area contributed by atoms with Gasteiger partial charge in [0.1, 0.15) is 11.8 Å². The Morgan fingerprint density at radius 3 is 2.88 bits per heavy atom. The Hall–Kier alpha value is -2.14. The number of carbonyl (C=O) groups excluding carboxylic acids is 1. The van der Waals surface area contributed by atoms with Crippen molar-refractivity contribution in [2.45, 2.75) is 45.7 Å². The van der Waals surface area contributed by atoms with Gasteiger partial charge in [0.05, 0.1) is 12.8 Å². The molecule has 0 spiro atoms. The van der Waals surface area contributed by atoms with Crippen molar-refractivity contribution in [2.75, 3.05) is 13.7 Å². The molecule has 5 heteroatoms. The van der Waals surface area contributed by atoms with E-state index in [2.05, 4.69) is 4.90 Å². The van der Waals surface area contributed by atoms with Crippen LogP contribution in [-0.2, 0) is 16.1 Å². The number of likely N-dealkylation sites (tertiary alicyclic amines) is 1. The third-order valence-electron chi connectivity index (χ3n) is 4.71. The Kier molecular flexibility index (Phi) is 5.00. The summed E-state index contributed by atoms with van der Waals surface area (Å²) in [6, 6.07) is 7.88. The van der Waals surface area contributed by atoms with E-state index >= 15 is 0 Å². The predicted octanol–water partition coefficient (Wildman–Crippen LogP) is 3.49. The number of carbonyl (C=O) groups is 1. The lowest BCUT2D eigenvalue weighted by atomic mass is 10.0. The van der Waals surface area contributed by atoms with Crippen molar-refractivity contribution in [3.63, 3.8) is 0 Å². The maximum Gasteiger partial charge on any atom is 0.323 e. The molecule has 1 aliphatic heterocycles. The topological polar surface area (TPSA) is 55.6 Å². The summed E-state index contributed by atoms with van der Waals surface area (Å²) in [6.07, 6.45) is 2.99. The molecule has 0 saturated carbocycles. The molecule has 0 radical (unpaired) electrons. The minimum Gasteiger partial charge on any atom is -0.468 e. The van der Waals surface area contributed by atoms with Crippen molar-refractivity contribution in [3.05, 3.63) is 41.3 Å². The lowest BCUT2D eigenvalue weighted by molar-refractivity contribution is -0.148. The van der Waals surface area contributed by atoms with Gasteiger partial charge in [0.2, 0.25) is 5.89 Å². The van der Waals surface area contributed by atoms with Gasteiger partial charge in [-0.2, -0.15) is 0 Å². The van der Waals surface area contributed by atoms with Crippen LogP contribution in [-0.4, -0.2) is 35.5 Å². The molecule has 2 heterocycles. The van der Waals surface area contributed by atoms with Crippen molar-refractivity contribution in [3.8, 4) is 11.5 Å². The third kappa shape index (κ3) is 3.36. The van der Waals surface area contributed by atoms with E-state index in [9.17, 15) is 4.79 Å². The molecule has 1 aliphatic rings. The number of oxazole rings is 1. The Bertz CT molecular complexity index is 723. The predicted molar refractivity (Wildman–Crippen MR) is 91.5 cm³/mol. The van der Waals surface area contributed by atoms with Gasteiger partial charge >= 0.3 is 5.97 Å². The van der Waals surface area contributed by atoms with E-state index in [1.54, 1.807) is 0 Å². The zero-order valence-corrected chi connectivity index (χ0v) is 14.5.